The minimum Gasteiger partial charge on any atom is -0.496 e. The summed E-state index contributed by atoms with van der Waals surface area (Å²) in [6.07, 6.45) is 0. The molecule has 106 valence electrons. The molecule has 0 aliphatic carbocycles. The summed E-state index contributed by atoms with van der Waals surface area (Å²) < 4.78 is 5.94. The molecule has 1 amide bonds. The van der Waals surface area contributed by atoms with Crippen LogP contribution in [0.2, 0.25) is 4.34 Å². The van der Waals surface area contributed by atoms with Crippen molar-refractivity contribution in [3.8, 4) is 5.75 Å². The fraction of sp³-hybridized carbons (Fsp3) is 0.0625. The highest BCUT2D eigenvalue weighted by molar-refractivity contribution is 7.18. The van der Waals surface area contributed by atoms with Crippen molar-refractivity contribution in [2.75, 3.05) is 12.4 Å². The first-order valence-electron chi connectivity index (χ1n) is 6.31. The molecule has 5 heteroatoms. The highest BCUT2D eigenvalue weighted by Crippen LogP contribution is 2.32. The topological polar surface area (TPSA) is 38.3 Å². The van der Waals surface area contributed by atoms with Crippen molar-refractivity contribution in [2.45, 2.75) is 0 Å². The van der Waals surface area contributed by atoms with Crippen LogP contribution in [0.1, 0.15) is 9.67 Å². The van der Waals surface area contributed by atoms with E-state index in [2.05, 4.69) is 5.32 Å². The van der Waals surface area contributed by atoms with E-state index in [-0.39, 0.29) is 5.91 Å². The fourth-order valence-electron chi connectivity index (χ4n) is 2.18. The highest BCUT2D eigenvalue weighted by Gasteiger charge is 2.12. The molecule has 0 saturated carbocycles. The van der Waals surface area contributed by atoms with Gasteiger partial charge < -0.3 is 10.1 Å². The number of amides is 1. The molecule has 0 spiro atoms. The zero-order valence-electron chi connectivity index (χ0n) is 11.2. The molecule has 0 saturated heterocycles. The summed E-state index contributed by atoms with van der Waals surface area (Å²) in [5.74, 6) is 0.616. The molecule has 0 aliphatic rings. The number of hydrogen-bond acceptors (Lipinski definition) is 3. The van der Waals surface area contributed by atoms with Crippen LogP contribution in [0.4, 0.5) is 5.69 Å². The second kappa shape index (κ2) is 5.76. The summed E-state index contributed by atoms with van der Waals surface area (Å²) in [5, 5.41) is 4.82. The lowest BCUT2D eigenvalue weighted by molar-refractivity contribution is 0.103. The van der Waals surface area contributed by atoms with E-state index >= 15 is 0 Å². The van der Waals surface area contributed by atoms with Gasteiger partial charge in [0.05, 0.1) is 16.3 Å². The molecule has 0 unspecified atom stereocenters. The maximum Gasteiger partial charge on any atom is 0.265 e. The van der Waals surface area contributed by atoms with Gasteiger partial charge in [0.15, 0.2) is 0 Å². The Kier molecular flexibility index (Phi) is 3.82. The molecule has 3 rings (SSSR count). The Morgan fingerprint density at radius 2 is 1.86 bits per heavy atom. The van der Waals surface area contributed by atoms with Crippen LogP contribution in [0.25, 0.3) is 10.8 Å². The second-order valence-electron chi connectivity index (χ2n) is 4.42. The van der Waals surface area contributed by atoms with E-state index in [4.69, 9.17) is 16.3 Å². The average molecular weight is 318 g/mol. The predicted molar refractivity (Wildman–Crippen MR) is 87.8 cm³/mol. The average Bonchev–Trinajstić information content (AvgIpc) is 2.94. The lowest BCUT2D eigenvalue weighted by Gasteiger charge is -2.11. The van der Waals surface area contributed by atoms with Crippen LogP contribution in [0.5, 0.6) is 5.75 Å². The van der Waals surface area contributed by atoms with E-state index in [9.17, 15) is 4.79 Å². The number of halogens is 1. The Bertz CT molecular complexity index is 813. The molecule has 3 aromatic rings. The monoisotopic (exact) mass is 317 g/mol. The number of nitrogens with one attached hydrogen (secondary N) is 1. The molecule has 1 heterocycles. The minimum absolute atomic E-state index is 0.165. The number of methoxy groups -OCH3 is 1. The Labute approximate surface area is 131 Å². The Balaban J connectivity index is 1.99. The van der Waals surface area contributed by atoms with Gasteiger partial charge >= 0.3 is 0 Å². The molecule has 0 fully saturated rings. The summed E-state index contributed by atoms with van der Waals surface area (Å²) in [4.78, 5) is 12.8. The third-order valence-corrected chi connectivity index (χ3v) is 4.38. The summed E-state index contributed by atoms with van der Waals surface area (Å²) >= 11 is 7.12. The first kappa shape index (κ1) is 13.9. The Morgan fingerprint density at radius 1 is 1.10 bits per heavy atom. The zero-order valence-corrected chi connectivity index (χ0v) is 12.8. The van der Waals surface area contributed by atoms with Gasteiger partial charge in [-0.25, -0.2) is 0 Å². The van der Waals surface area contributed by atoms with Gasteiger partial charge in [-0.1, -0.05) is 35.9 Å². The zero-order chi connectivity index (χ0) is 14.8. The molecule has 0 atom stereocenters. The van der Waals surface area contributed by atoms with Crippen LogP contribution in [0, 0.1) is 0 Å². The second-order valence-corrected chi connectivity index (χ2v) is 6.13. The molecule has 0 bridgehead atoms. The van der Waals surface area contributed by atoms with Crippen LogP contribution < -0.4 is 10.1 Å². The maximum absolute atomic E-state index is 12.2. The quantitative estimate of drug-likeness (QED) is 0.752. The van der Waals surface area contributed by atoms with Gasteiger partial charge in [0.1, 0.15) is 5.75 Å². The standard InChI is InChI=1S/C16H12ClNO2S/c1-20-13-7-6-12(10-4-2-3-5-11(10)13)18-16(19)14-8-9-15(17)21-14/h2-9H,1H3,(H,18,19). The number of fused-ring (bicyclic) bond motifs is 1. The van der Waals surface area contributed by atoms with Crippen LogP contribution >= 0.6 is 22.9 Å². The number of carbonyl (C=O) groups excluding carboxylic acids is 1. The third-order valence-electron chi connectivity index (χ3n) is 3.15. The van der Waals surface area contributed by atoms with Crippen molar-refractivity contribution in [3.63, 3.8) is 0 Å². The fourth-order valence-corrected chi connectivity index (χ4v) is 3.12. The van der Waals surface area contributed by atoms with Gasteiger partial charge in [0.2, 0.25) is 0 Å². The molecule has 0 aliphatic heterocycles. The summed E-state index contributed by atoms with van der Waals surface area (Å²) in [6, 6.07) is 14.9. The van der Waals surface area contributed by atoms with Gasteiger partial charge in [-0.3, -0.25) is 4.79 Å². The summed E-state index contributed by atoms with van der Waals surface area (Å²) in [7, 11) is 1.63. The van der Waals surface area contributed by atoms with Crippen molar-refractivity contribution in [1.29, 1.82) is 0 Å². The lowest BCUT2D eigenvalue weighted by Crippen LogP contribution is -2.10. The predicted octanol–water partition coefficient (Wildman–Crippen LogP) is 4.82. The van der Waals surface area contributed by atoms with Gasteiger partial charge in [0, 0.05) is 16.5 Å². The highest BCUT2D eigenvalue weighted by atomic mass is 35.5. The largest absolute Gasteiger partial charge is 0.496 e. The van der Waals surface area contributed by atoms with E-state index in [0.29, 0.717) is 9.21 Å². The maximum atomic E-state index is 12.2. The Morgan fingerprint density at radius 3 is 2.52 bits per heavy atom. The Hall–Kier alpha value is -2.04. The van der Waals surface area contributed by atoms with Crippen molar-refractivity contribution in [1.82, 2.24) is 0 Å². The first-order chi connectivity index (χ1) is 10.2. The van der Waals surface area contributed by atoms with Gasteiger partial charge in [-0.05, 0) is 24.3 Å². The molecule has 1 aromatic heterocycles. The molecule has 3 nitrogen and oxygen atoms in total. The van der Waals surface area contributed by atoms with Gasteiger partial charge in [-0.2, -0.15) is 0 Å². The van der Waals surface area contributed by atoms with Crippen molar-refractivity contribution >= 4 is 45.3 Å². The number of thiophene rings is 1. The number of hydrogen-bond donors (Lipinski definition) is 1. The van der Waals surface area contributed by atoms with Crippen molar-refractivity contribution in [2.24, 2.45) is 0 Å². The van der Waals surface area contributed by atoms with Gasteiger partial charge in [-0.15, -0.1) is 11.3 Å². The number of rotatable bonds is 3. The van der Waals surface area contributed by atoms with E-state index in [1.54, 1.807) is 19.2 Å². The van der Waals surface area contributed by atoms with E-state index < -0.39 is 0 Å². The molecular formula is C16H12ClNO2S. The minimum atomic E-state index is -0.165. The van der Waals surface area contributed by atoms with Crippen LogP contribution in [0.15, 0.2) is 48.5 Å². The summed E-state index contributed by atoms with van der Waals surface area (Å²) in [6.45, 7) is 0. The normalized spacial score (nSPS) is 10.6. The van der Waals surface area contributed by atoms with E-state index in [0.717, 1.165) is 22.2 Å². The summed E-state index contributed by atoms with van der Waals surface area (Å²) in [5.41, 5.74) is 0.751. The van der Waals surface area contributed by atoms with Gasteiger partial charge in [0.25, 0.3) is 5.91 Å². The van der Waals surface area contributed by atoms with E-state index in [1.165, 1.54) is 11.3 Å². The molecule has 0 radical (unpaired) electrons. The third kappa shape index (κ3) is 2.73. The van der Waals surface area contributed by atoms with Crippen molar-refractivity contribution < 1.29 is 9.53 Å². The van der Waals surface area contributed by atoms with E-state index in [1.807, 2.05) is 36.4 Å². The molecule has 2 aromatic carbocycles. The molecule has 1 N–H and O–H groups in total. The van der Waals surface area contributed by atoms with Crippen LogP contribution in [0.3, 0.4) is 0 Å². The first-order valence-corrected chi connectivity index (χ1v) is 7.51. The number of benzene rings is 2. The van der Waals surface area contributed by atoms with Crippen LogP contribution in [-0.2, 0) is 0 Å². The number of carbonyl (C=O) groups is 1. The number of ether oxygens (including phenoxy) is 1. The molecule has 21 heavy (non-hydrogen) atoms. The lowest BCUT2D eigenvalue weighted by atomic mass is 10.1. The number of anilines is 1. The van der Waals surface area contributed by atoms with Crippen LogP contribution in [-0.4, -0.2) is 13.0 Å². The SMILES string of the molecule is COc1ccc(NC(=O)c2ccc(Cl)s2)c2ccccc12. The van der Waals surface area contributed by atoms with Crippen molar-refractivity contribution in [3.05, 3.63) is 57.7 Å². The molecular weight excluding hydrogens is 306 g/mol. The smallest absolute Gasteiger partial charge is 0.265 e.